The number of benzene rings is 1. The number of carboxylic acids is 1. The Kier molecular flexibility index (Phi) is 2.56. The van der Waals surface area contributed by atoms with Gasteiger partial charge in [0, 0.05) is 6.92 Å². The molecule has 1 aromatic carbocycles. The van der Waals surface area contributed by atoms with Crippen LogP contribution in [-0.4, -0.2) is 23.2 Å². The van der Waals surface area contributed by atoms with Crippen molar-refractivity contribution in [2.75, 3.05) is 7.11 Å². The van der Waals surface area contributed by atoms with E-state index in [1.165, 1.54) is 31.8 Å². The number of carboxylic acid groups (broad SMARTS) is 1. The Labute approximate surface area is 113 Å². The van der Waals surface area contributed by atoms with Crippen molar-refractivity contribution >= 4 is 17.1 Å². The molecule has 0 fully saturated rings. The quantitative estimate of drug-likeness (QED) is 0.919. The lowest BCUT2D eigenvalue weighted by Crippen LogP contribution is -2.22. The third-order valence-corrected chi connectivity index (χ3v) is 2.99. The lowest BCUT2D eigenvalue weighted by atomic mass is 10.2. The molecule has 0 atom stereocenters. The zero-order valence-corrected chi connectivity index (χ0v) is 10.7. The molecule has 104 valence electrons. The number of aromatic carboxylic acids is 1. The standard InChI is InChI=1S/C13H11NO6/c1-13(18-5-6-19-13)12-14-9-8(17-2)4-3-7(11(15)16)10(9)20-12/h3-6H,1-2H3,(H,15,16). The smallest absolute Gasteiger partial charge is 0.339 e. The monoisotopic (exact) mass is 277 g/mol. The molecule has 0 aliphatic carbocycles. The van der Waals surface area contributed by atoms with Gasteiger partial charge in [-0.1, -0.05) is 0 Å². The average Bonchev–Trinajstić information content (AvgIpc) is 3.04. The molecular weight excluding hydrogens is 266 g/mol. The summed E-state index contributed by atoms with van der Waals surface area (Å²) in [5.74, 6) is -1.80. The second-order valence-electron chi connectivity index (χ2n) is 4.27. The third-order valence-electron chi connectivity index (χ3n) is 2.99. The van der Waals surface area contributed by atoms with Crippen LogP contribution in [0.1, 0.15) is 23.2 Å². The number of fused-ring (bicyclic) bond motifs is 1. The van der Waals surface area contributed by atoms with Crippen LogP contribution in [0.5, 0.6) is 5.75 Å². The molecule has 7 nitrogen and oxygen atoms in total. The van der Waals surface area contributed by atoms with Gasteiger partial charge in [0.25, 0.3) is 5.89 Å². The summed E-state index contributed by atoms with van der Waals surface area (Å²) in [4.78, 5) is 15.5. The van der Waals surface area contributed by atoms with Crippen LogP contribution in [-0.2, 0) is 15.3 Å². The number of carbonyl (C=O) groups is 1. The summed E-state index contributed by atoms with van der Waals surface area (Å²) in [6, 6.07) is 2.92. The predicted octanol–water partition coefficient (Wildman–Crippen LogP) is 2.23. The minimum absolute atomic E-state index is 0.00546. The molecular formula is C13H11NO6. The number of aromatic nitrogens is 1. The number of oxazole rings is 1. The van der Waals surface area contributed by atoms with E-state index in [-0.39, 0.29) is 17.0 Å². The van der Waals surface area contributed by atoms with Crippen molar-refractivity contribution in [1.82, 2.24) is 4.98 Å². The Balaban J connectivity index is 2.23. The summed E-state index contributed by atoms with van der Waals surface area (Å²) in [6.07, 6.45) is 2.73. The van der Waals surface area contributed by atoms with E-state index in [0.29, 0.717) is 11.3 Å². The maximum atomic E-state index is 11.2. The number of ether oxygens (including phenoxy) is 3. The minimum Gasteiger partial charge on any atom is -0.494 e. The number of hydrogen-bond acceptors (Lipinski definition) is 6. The highest BCUT2D eigenvalue weighted by molar-refractivity contribution is 6.01. The Morgan fingerprint density at radius 1 is 1.35 bits per heavy atom. The van der Waals surface area contributed by atoms with E-state index in [9.17, 15) is 9.90 Å². The van der Waals surface area contributed by atoms with Crippen molar-refractivity contribution in [2.45, 2.75) is 12.7 Å². The fourth-order valence-corrected chi connectivity index (χ4v) is 1.95. The van der Waals surface area contributed by atoms with Crippen LogP contribution >= 0.6 is 0 Å². The Morgan fingerprint density at radius 2 is 2.05 bits per heavy atom. The second-order valence-corrected chi connectivity index (χ2v) is 4.27. The normalized spacial score (nSPS) is 15.9. The molecule has 7 heteroatoms. The van der Waals surface area contributed by atoms with Gasteiger partial charge in [-0.2, -0.15) is 0 Å². The maximum absolute atomic E-state index is 11.2. The van der Waals surface area contributed by atoms with E-state index in [1.807, 2.05) is 0 Å². The van der Waals surface area contributed by atoms with E-state index >= 15 is 0 Å². The minimum atomic E-state index is -1.21. The molecule has 1 aliphatic heterocycles. The van der Waals surface area contributed by atoms with Gasteiger partial charge in [0.05, 0.1) is 7.11 Å². The van der Waals surface area contributed by atoms with Gasteiger partial charge in [-0.05, 0) is 12.1 Å². The van der Waals surface area contributed by atoms with Gasteiger partial charge in [0.15, 0.2) is 11.1 Å². The molecule has 2 heterocycles. The molecule has 0 saturated carbocycles. The Hall–Kier alpha value is -2.70. The summed E-state index contributed by atoms with van der Waals surface area (Å²) in [6.45, 7) is 1.62. The Bertz CT molecular complexity index is 709. The van der Waals surface area contributed by atoms with Crippen LogP contribution in [0.4, 0.5) is 0 Å². The first kappa shape index (κ1) is 12.3. The van der Waals surface area contributed by atoms with Crippen molar-refractivity contribution in [3.05, 3.63) is 36.1 Å². The third kappa shape index (κ3) is 1.67. The van der Waals surface area contributed by atoms with E-state index in [2.05, 4.69) is 4.98 Å². The van der Waals surface area contributed by atoms with Crippen LogP contribution in [0, 0.1) is 0 Å². The van der Waals surface area contributed by atoms with E-state index in [4.69, 9.17) is 18.6 Å². The maximum Gasteiger partial charge on any atom is 0.339 e. The molecule has 1 aromatic heterocycles. The molecule has 0 bridgehead atoms. The van der Waals surface area contributed by atoms with Gasteiger partial charge in [-0.3, -0.25) is 0 Å². The van der Waals surface area contributed by atoms with E-state index in [1.54, 1.807) is 6.92 Å². The van der Waals surface area contributed by atoms with Crippen molar-refractivity contribution < 1.29 is 28.5 Å². The summed E-state index contributed by atoms with van der Waals surface area (Å²) < 4.78 is 21.3. The lowest BCUT2D eigenvalue weighted by molar-refractivity contribution is -0.150. The molecule has 1 aliphatic rings. The first-order chi connectivity index (χ1) is 9.55. The van der Waals surface area contributed by atoms with Gasteiger partial charge in [-0.25, -0.2) is 9.78 Å². The first-order valence-corrected chi connectivity index (χ1v) is 5.77. The van der Waals surface area contributed by atoms with Crippen molar-refractivity contribution in [1.29, 1.82) is 0 Å². The summed E-state index contributed by atoms with van der Waals surface area (Å²) in [5.41, 5.74) is 0.420. The number of rotatable bonds is 3. The van der Waals surface area contributed by atoms with Crippen LogP contribution in [0.25, 0.3) is 11.1 Å². The highest BCUT2D eigenvalue weighted by atomic mass is 16.7. The van der Waals surface area contributed by atoms with Gasteiger partial charge in [0.2, 0.25) is 0 Å². The van der Waals surface area contributed by atoms with Gasteiger partial charge in [0.1, 0.15) is 23.8 Å². The zero-order valence-electron chi connectivity index (χ0n) is 10.7. The molecule has 0 spiro atoms. The van der Waals surface area contributed by atoms with Crippen molar-refractivity contribution in [2.24, 2.45) is 0 Å². The SMILES string of the molecule is COc1ccc(C(=O)O)c2oc(C3(C)OC=CO3)nc12. The van der Waals surface area contributed by atoms with E-state index in [0.717, 1.165) is 0 Å². The summed E-state index contributed by atoms with van der Waals surface area (Å²) in [5, 5.41) is 9.18. The van der Waals surface area contributed by atoms with Crippen LogP contribution in [0.2, 0.25) is 0 Å². The first-order valence-electron chi connectivity index (χ1n) is 5.77. The zero-order chi connectivity index (χ0) is 14.3. The van der Waals surface area contributed by atoms with Crippen LogP contribution < -0.4 is 4.74 Å². The van der Waals surface area contributed by atoms with Crippen LogP contribution in [0.15, 0.2) is 29.1 Å². The average molecular weight is 277 g/mol. The highest BCUT2D eigenvalue weighted by Gasteiger charge is 2.39. The second kappa shape index (κ2) is 4.16. The molecule has 20 heavy (non-hydrogen) atoms. The fraction of sp³-hybridized carbons (Fsp3) is 0.231. The van der Waals surface area contributed by atoms with Crippen molar-refractivity contribution in [3.63, 3.8) is 0 Å². The summed E-state index contributed by atoms with van der Waals surface area (Å²) >= 11 is 0. The number of nitrogens with zero attached hydrogens (tertiary/aromatic N) is 1. The molecule has 3 rings (SSSR count). The molecule has 0 saturated heterocycles. The topological polar surface area (TPSA) is 91.0 Å². The predicted molar refractivity (Wildman–Crippen MR) is 66.2 cm³/mol. The summed E-state index contributed by atoms with van der Waals surface area (Å²) in [7, 11) is 1.47. The van der Waals surface area contributed by atoms with Gasteiger partial charge >= 0.3 is 11.8 Å². The van der Waals surface area contributed by atoms with Crippen molar-refractivity contribution in [3.8, 4) is 5.75 Å². The highest BCUT2D eigenvalue weighted by Crippen LogP contribution is 2.36. The number of methoxy groups -OCH3 is 1. The molecule has 1 N–H and O–H groups in total. The van der Waals surface area contributed by atoms with Gasteiger partial charge < -0.3 is 23.7 Å². The molecule has 0 unspecified atom stereocenters. The molecule has 2 aromatic rings. The van der Waals surface area contributed by atoms with Gasteiger partial charge in [-0.15, -0.1) is 0 Å². The molecule has 0 radical (unpaired) electrons. The number of hydrogen-bond donors (Lipinski definition) is 1. The van der Waals surface area contributed by atoms with E-state index < -0.39 is 11.8 Å². The molecule has 0 amide bonds. The van der Waals surface area contributed by atoms with Crippen LogP contribution in [0.3, 0.4) is 0 Å². The largest absolute Gasteiger partial charge is 0.494 e. The fourth-order valence-electron chi connectivity index (χ4n) is 1.95. The lowest BCUT2D eigenvalue weighted by Gasteiger charge is -2.18. The Morgan fingerprint density at radius 3 is 2.65 bits per heavy atom.